The van der Waals surface area contributed by atoms with E-state index in [-0.39, 0.29) is 33.7 Å². The number of hydrogen-bond acceptors (Lipinski definition) is 8. The van der Waals surface area contributed by atoms with Gasteiger partial charge >= 0.3 is 5.97 Å². The molecule has 0 aliphatic heterocycles. The molecular weight excluding hydrogens is 468 g/mol. The average Bonchev–Trinajstić information content (AvgIpc) is 2.68. The summed E-state index contributed by atoms with van der Waals surface area (Å²) in [7, 11) is 3.10. The van der Waals surface area contributed by atoms with Crippen LogP contribution in [-0.2, 0) is 19.1 Å². The van der Waals surface area contributed by atoms with E-state index in [4.69, 9.17) is 9.57 Å². The third kappa shape index (κ3) is 65.8. The number of carbonyl (C=O) groups excluding carboxylic acids is 1. The number of oxime groups is 1. The molecule has 0 aromatic heterocycles. The highest BCUT2D eigenvalue weighted by Crippen LogP contribution is 2.13. The minimum Gasteiger partial charge on any atom is -0.469 e. The average molecular weight is 533 g/mol. The second-order valence-electron chi connectivity index (χ2n) is 12.9. The summed E-state index contributed by atoms with van der Waals surface area (Å²) in [5.74, 6) is -0.169. The van der Waals surface area contributed by atoms with E-state index in [1.165, 1.54) is 7.11 Å². The fourth-order valence-corrected chi connectivity index (χ4v) is 1.16. The highest BCUT2D eigenvalue weighted by atomic mass is 16.6. The van der Waals surface area contributed by atoms with E-state index in [2.05, 4.69) is 67.0 Å². The summed E-state index contributed by atoms with van der Waals surface area (Å²) in [5, 5.41) is 7.49. The highest BCUT2D eigenvalue weighted by Gasteiger charge is 2.21. The quantitative estimate of drug-likeness (QED) is 0.223. The number of ether oxygens (including phenoxy) is 2. The number of esters is 1. The Labute approximate surface area is 231 Å². The molecule has 0 saturated heterocycles. The summed E-state index contributed by atoms with van der Waals surface area (Å²) in [4.78, 5) is 19.7. The molecule has 0 amide bonds. The third-order valence-electron chi connectivity index (χ3n) is 2.89. The summed E-state index contributed by atoms with van der Waals surface area (Å²) >= 11 is 0. The molecule has 8 heteroatoms. The van der Waals surface area contributed by atoms with E-state index in [0.29, 0.717) is 0 Å². The molecule has 0 unspecified atom stereocenters. The zero-order valence-electron chi connectivity index (χ0n) is 28.2. The molecule has 0 aliphatic rings. The molecule has 0 fully saturated rings. The third-order valence-corrected chi connectivity index (χ3v) is 2.89. The van der Waals surface area contributed by atoms with Crippen LogP contribution in [0.1, 0.15) is 125 Å². The van der Waals surface area contributed by atoms with Gasteiger partial charge in [0, 0.05) is 25.1 Å². The van der Waals surface area contributed by atoms with Gasteiger partial charge in [0.15, 0.2) is 0 Å². The van der Waals surface area contributed by atoms with Crippen LogP contribution >= 0.6 is 0 Å². The van der Waals surface area contributed by atoms with Crippen molar-refractivity contribution >= 4 is 24.6 Å². The molecule has 0 aliphatic carbocycles. The second kappa shape index (κ2) is 22.1. The fraction of sp³-hybridized carbons (Fsp3) is 0.862. The normalized spacial score (nSPS) is 12.2. The van der Waals surface area contributed by atoms with Crippen molar-refractivity contribution in [1.82, 2.24) is 5.43 Å². The topological polar surface area (TPSA) is 93.9 Å². The van der Waals surface area contributed by atoms with Crippen molar-refractivity contribution in [3.8, 4) is 0 Å². The summed E-state index contributed by atoms with van der Waals surface area (Å²) in [5.41, 5.74) is 2.71. The predicted molar refractivity (Wildman–Crippen MR) is 164 cm³/mol. The Bertz CT molecular complexity index is 584. The van der Waals surface area contributed by atoms with Gasteiger partial charge in [-0.2, -0.15) is 5.10 Å². The van der Waals surface area contributed by atoms with Crippen LogP contribution in [0.2, 0.25) is 0 Å². The number of rotatable bonds is 2. The van der Waals surface area contributed by atoms with Crippen molar-refractivity contribution in [3.05, 3.63) is 0 Å². The Morgan fingerprint density at radius 1 is 0.676 bits per heavy atom. The minimum absolute atomic E-state index is 0.0417. The van der Waals surface area contributed by atoms with Gasteiger partial charge < -0.3 is 19.7 Å². The van der Waals surface area contributed by atoms with Crippen LogP contribution in [0.5, 0.6) is 0 Å². The standard InChI is InChI=1S/C6H14N2.C6H13NO.C6H13N.C6H12O2.C5H12O/c2*1-5-7-8-6(2,3)4;1-5-7-6(2,3)4;1-6(2,3)5(7)8-4;1-5(2,3)6-4/h5,8H,1-4H3;5H,1-4H3;5H,1-4H3;1-4H3;1-4H3/b2*7-5+;;;. The first-order chi connectivity index (χ1) is 16.2. The van der Waals surface area contributed by atoms with Gasteiger partial charge in [0.05, 0.1) is 23.7 Å². The zero-order chi connectivity index (χ0) is 31.1. The van der Waals surface area contributed by atoms with Crippen molar-refractivity contribution in [2.24, 2.45) is 20.7 Å². The van der Waals surface area contributed by atoms with Gasteiger partial charge in [-0.1, -0.05) is 5.16 Å². The summed E-state index contributed by atoms with van der Waals surface area (Å²) in [6, 6.07) is 0. The Hall–Kier alpha value is -1.96. The van der Waals surface area contributed by atoms with E-state index in [1.807, 2.05) is 89.3 Å². The molecule has 0 aromatic carbocycles. The monoisotopic (exact) mass is 532 g/mol. The lowest BCUT2D eigenvalue weighted by molar-refractivity contribution is -0.149. The summed E-state index contributed by atoms with van der Waals surface area (Å²) in [6.45, 7) is 35.5. The zero-order valence-corrected chi connectivity index (χ0v) is 28.2. The van der Waals surface area contributed by atoms with Gasteiger partial charge in [0.2, 0.25) is 0 Å². The van der Waals surface area contributed by atoms with Gasteiger partial charge in [-0.3, -0.25) is 9.79 Å². The van der Waals surface area contributed by atoms with Crippen LogP contribution in [0.25, 0.3) is 0 Å². The Kier molecular flexibility index (Phi) is 26.8. The SMILES string of the molecule is C/C=N/NC(C)(C)C.C/C=N/OC(C)(C)C.CC=NC(C)(C)C.COC(=O)C(C)(C)C.COC(C)(C)C. The number of hydrazone groups is 1. The van der Waals surface area contributed by atoms with Crippen molar-refractivity contribution < 1.29 is 19.1 Å². The molecule has 0 bridgehead atoms. The summed E-state index contributed by atoms with van der Waals surface area (Å²) < 4.78 is 9.41. The van der Waals surface area contributed by atoms with Crippen LogP contribution in [0.4, 0.5) is 0 Å². The molecular formula is C29H64N4O4. The van der Waals surface area contributed by atoms with Crippen LogP contribution in [0.3, 0.4) is 0 Å². The molecule has 224 valence electrons. The highest BCUT2D eigenvalue weighted by molar-refractivity contribution is 5.75. The van der Waals surface area contributed by atoms with Crippen molar-refractivity contribution in [2.45, 2.75) is 147 Å². The molecule has 0 saturated carbocycles. The Morgan fingerprint density at radius 3 is 1.14 bits per heavy atom. The number of aliphatic imine (C=N–C) groups is 1. The molecule has 0 rings (SSSR count). The van der Waals surface area contributed by atoms with Crippen molar-refractivity contribution in [1.29, 1.82) is 0 Å². The maximum atomic E-state index is 10.6. The lowest BCUT2D eigenvalue weighted by atomic mass is 9.98. The molecule has 0 heterocycles. The van der Waals surface area contributed by atoms with Crippen LogP contribution in [0, 0.1) is 5.41 Å². The smallest absolute Gasteiger partial charge is 0.310 e. The number of hydrogen-bond donors (Lipinski definition) is 1. The van der Waals surface area contributed by atoms with E-state index in [1.54, 1.807) is 19.5 Å². The molecule has 1 N–H and O–H groups in total. The maximum Gasteiger partial charge on any atom is 0.310 e. The van der Waals surface area contributed by atoms with Crippen molar-refractivity contribution in [2.75, 3.05) is 14.2 Å². The number of nitrogens with one attached hydrogen (secondary N) is 1. The Balaban J connectivity index is -0.000000116. The first-order valence-corrected chi connectivity index (χ1v) is 12.8. The number of methoxy groups -OCH3 is 2. The van der Waals surface area contributed by atoms with Gasteiger partial charge in [-0.05, 0) is 131 Å². The van der Waals surface area contributed by atoms with Crippen LogP contribution < -0.4 is 5.43 Å². The van der Waals surface area contributed by atoms with Gasteiger partial charge in [-0.15, -0.1) is 0 Å². The van der Waals surface area contributed by atoms with E-state index >= 15 is 0 Å². The van der Waals surface area contributed by atoms with Crippen molar-refractivity contribution in [3.63, 3.8) is 0 Å². The number of nitrogens with zero attached hydrogens (tertiary/aromatic N) is 3. The van der Waals surface area contributed by atoms with Crippen LogP contribution in [-0.4, -0.2) is 61.1 Å². The molecule has 0 spiro atoms. The van der Waals surface area contributed by atoms with Gasteiger partial charge in [0.25, 0.3) is 0 Å². The molecule has 0 aromatic rings. The van der Waals surface area contributed by atoms with Gasteiger partial charge in [0.1, 0.15) is 5.60 Å². The second-order valence-corrected chi connectivity index (χ2v) is 12.9. The molecule has 37 heavy (non-hydrogen) atoms. The Morgan fingerprint density at radius 2 is 1.08 bits per heavy atom. The predicted octanol–water partition coefficient (Wildman–Crippen LogP) is 7.70. The lowest BCUT2D eigenvalue weighted by Crippen LogP contribution is -2.31. The van der Waals surface area contributed by atoms with Gasteiger partial charge in [-0.25, -0.2) is 0 Å². The fourth-order valence-electron chi connectivity index (χ4n) is 1.16. The summed E-state index contributed by atoms with van der Waals surface area (Å²) in [6.07, 6.45) is 5.20. The van der Waals surface area contributed by atoms with E-state index in [9.17, 15) is 4.79 Å². The van der Waals surface area contributed by atoms with E-state index < -0.39 is 0 Å². The minimum atomic E-state index is -0.352. The first-order valence-electron chi connectivity index (χ1n) is 12.8. The molecule has 8 nitrogen and oxygen atoms in total. The molecule has 0 radical (unpaired) electrons. The maximum absolute atomic E-state index is 10.6. The van der Waals surface area contributed by atoms with Crippen LogP contribution in [0.15, 0.2) is 15.2 Å². The number of carbonyl (C=O) groups is 1. The lowest BCUT2D eigenvalue weighted by Gasteiger charge is -2.16. The first kappa shape index (κ1) is 45.0. The largest absolute Gasteiger partial charge is 0.469 e. The van der Waals surface area contributed by atoms with E-state index in [0.717, 1.165) is 0 Å². The molecule has 0 atom stereocenters.